The molecule has 2 N–H and O–H groups in total. The van der Waals surface area contributed by atoms with Gasteiger partial charge in [0.15, 0.2) is 0 Å². The maximum absolute atomic E-state index is 12.6. The normalized spacial score (nSPS) is 31.1. The molecule has 1 aliphatic heterocycles. The third kappa shape index (κ3) is 2.01. The predicted molar refractivity (Wildman–Crippen MR) is 82.9 cm³/mol. The Morgan fingerprint density at radius 1 is 1.17 bits per heavy atom. The van der Waals surface area contributed by atoms with Crippen LogP contribution < -0.4 is 0 Å². The number of benzene rings is 1. The lowest BCUT2D eigenvalue weighted by atomic mass is 9.87. The summed E-state index contributed by atoms with van der Waals surface area (Å²) in [5.74, 6) is -1.96. The number of Topliss-reactive ketones (excluding diaryl/α,β-unsaturated/α-hetero) is 1. The fourth-order valence-electron chi connectivity index (χ4n) is 4.06. The average molecular weight is 320 g/mol. The van der Waals surface area contributed by atoms with Crippen molar-refractivity contribution < 1.29 is 29.1 Å². The minimum atomic E-state index is -2.04. The first-order valence-corrected chi connectivity index (χ1v) is 7.45. The number of quaternary nitrogens is 1. The number of carbonyl (C=O) groups is 3. The van der Waals surface area contributed by atoms with Crippen LogP contribution in [0.15, 0.2) is 30.3 Å². The van der Waals surface area contributed by atoms with Crippen LogP contribution in [0.2, 0.25) is 0 Å². The lowest BCUT2D eigenvalue weighted by molar-refractivity contribution is -0.950. The highest BCUT2D eigenvalue weighted by atomic mass is 16.4. The summed E-state index contributed by atoms with van der Waals surface area (Å²) in [4.78, 5) is 37.0. The van der Waals surface area contributed by atoms with Crippen LogP contribution in [0.1, 0.15) is 45.7 Å². The van der Waals surface area contributed by atoms with Crippen molar-refractivity contribution in [1.29, 1.82) is 0 Å². The van der Waals surface area contributed by atoms with Crippen molar-refractivity contribution in [3.8, 4) is 0 Å². The molecule has 3 unspecified atom stereocenters. The molecule has 0 spiro atoms. The second-order valence-electron chi connectivity index (χ2n) is 7.11. The van der Waals surface area contributed by atoms with E-state index in [1.165, 1.54) is 6.92 Å². The van der Waals surface area contributed by atoms with Crippen LogP contribution in [-0.4, -0.2) is 43.6 Å². The number of hydrogen-bond donors (Lipinski definition) is 2. The van der Waals surface area contributed by atoms with Crippen LogP contribution in [0.4, 0.5) is 4.79 Å². The van der Waals surface area contributed by atoms with Gasteiger partial charge in [-0.25, -0.2) is 4.79 Å². The van der Waals surface area contributed by atoms with E-state index in [-0.39, 0.29) is 6.42 Å². The summed E-state index contributed by atoms with van der Waals surface area (Å²) >= 11 is 0. The quantitative estimate of drug-likeness (QED) is 0.646. The van der Waals surface area contributed by atoms with E-state index in [0.29, 0.717) is 5.56 Å². The molecule has 1 heterocycles. The summed E-state index contributed by atoms with van der Waals surface area (Å²) in [6.45, 7) is 6.23. The van der Waals surface area contributed by atoms with E-state index in [4.69, 9.17) is 0 Å². The lowest BCUT2D eigenvalue weighted by Crippen LogP contribution is -2.75. The van der Waals surface area contributed by atoms with Crippen molar-refractivity contribution in [2.75, 3.05) is 0 Å². The highest BCUT2D eigenvalue weighted by Gasteiger charge is 2.76. The topological polar surface area (TPSA) is 91.7 Å². The van der Waals surface area contributed by atoms with E-state index in [1.807, 2.05) is 0 Å². The molecule has 0 aliphatic carbocycles. The number of amides is 1. The van der Waals surface area contributed by atoms with Crippen molar-refractivity contribution in [1.82, 2.24) is 0 Å². The van der Waals surface area contributed by atoms with Gasteiger partial charge in [-0.05, 0) is 20.8 Å². The standard InChI is InChI=1S/C17H21NO5/c1-16(2,3)18(15(22)23)12(11-8-6-5-7-9-11)10-13(19)17(18,4)14(20)21/h5-9,12H,10H2,1-4H3,(H-,20,21,22,23)/p+1. The summed E-state index contributed by atoms with van der Waals surface area (Å²) in [5.41, 5.74) is -2.38. The van der Waals surface area contributed by atoms with E-state index >= 15 is 0 Å². The molecule has 1 saturated heterocycles. The largest absolute Gasteiger partial charge is 0.515 e. The van der Waals surface area contributed by atoms with E-state index < -0.39 is 39.4 Å². The van der Waals surface area contributed by atoms with Gasteiger partial charge < -0.3 is 10.2 Å². The first kappa shape index (κ1) is 17.1. The van der Waals surface area contributed by atoms with Gasteiger partial charge >= 0.3 is 12.1 Å². The SMILES string of the molecule is CC(C)(C)[N+]1(C(=O)O)C(c2ccccc2)CC(=O)C1(C)C(=O)O. The third-order valence-electron chi connectivity index (χ3n) is 5.06. The second-order valence-corrected chi connectivity index (χ2v) is 7.11. The number of rotatable bonds is 2. The molecular weight excluding hydrogens is 298 g/mol. The second kappa shape index (κ2) is 5.16. The minimum absolute atomic E-state index is 0.115. The first-order chi connectivity index (χ1) is 10.5. The summed E-state index contributed by atoms with van der Waals surface area (Å²) in [6.07, 6.45) is -1.42. The number of nitrogens with zero attached hydrogens (tertiary/aromatic N) is 1. The highest BCUT2D eigenvalue weighted by Crippen LogP contribution is 2.53. The number of carbonyl (C=O) groups excluding carboxylic acids is 1. The predicted octanol–water partition coefficient (Wildman–Crippen LogP) is 2.84. The Labute approximate surface area is 134 Å². The summed E-state index contributed by atoms with van der Waals surface area (Å²) in [6, 6.07) is 8.05. The zero-order chi connectivity index (χ0) is 17.6. The van der Waals surface area contributed by atoms with Crippen LogP contribution in [0.3, 0.4) is 0 Å². The molecule has 2 rings (SSSR count). The molecule has 0 radical (unpaired) electrons. The van der Waals surface area contributed by atoms with E-state index in [2.05, 4.69) is 0 Å². The average Bonchev–Trinajstić information content (AvgIpc) is 2.70. The van der Waals surface area contributed by atoms with Crippen molar-refractivity contribution in [3.05, 3.63) is 35.9 Å². The fraction of sp³-hybridized carbons (Fsp3) is 0.471. The smallest absolute Gasteiger partial charge is 0.476 e. The molecule has 1 amide bonds. The molecule has 0 aromatic heterocycles. The molecular formula is C17H22NO5+. The minimum Gasteiger partial charge on any atom is -0.476 e. The van der Waals surface area contributed by atoms with Crippen LogP contribution in [0.25, 0.3) is 0 Å². The molecule has 3 atom stereocenters. The molecule has 6 heteroatoms. The number of ketones is 1. The molecule has 1 aromatic carbocycles. The first-order valence-electron chi connectivity index (χ1n) is 7.45. The number of likely N-dealkylation sites (tertiary alicyclic amines) is 1. The van der Waals surface area contributed by atoms with Gasteiger partial charge in [0, 0.05) is 12.5 Å². The van der Waals surface area contributed by atoms with Gasteiger partial charge in [0.2, 0.25) is 5.78 Å². The van der Waals surface area contributed by atoms with Gasteiger partial charge in [-0.1, -0.05) is 30.3 Å². The maximum atomic E-state index is 12.6. The number of aliphatic carboxylic acids is 1. The van der Waals surface area contributed by atoms with Gasteiger partial charge in [-0.3, -0.25) is 4.79 Å². The Balaban J connectivity index is 2.86. The zero-order valence-electron chi connectivity index (χ0n) is 13.7. The molecule has 1 aliphatic rings. The van der Waals surface area contributed by atoms with Crippen LogP contribution in [-0.2, 0) is 9.59 Å². The van der Waals surface area contributed by atoms with Gasteiger partial charge in [0.05, 0.1) is 6.42 Å². The summed E-state index contributed by atoms with van der Waals surface area (Å²) in [5, 5.41) is 19.8. The van der Waals surface area contributed by atoms with Crippen molar-refractivity contribution in [2.24, 2.45) is 0 Å². The molecule has 0 saturated carbocycles. The van der Waals surface area contributed by atoms with Crippen LogP contribution in [0, 0.1) is 0 Å². The van der Waals surface area contributed by atoms with E-state index in [1.54, 1.807) is 51.1 Å². The molecule has 6 nitrogen and oxygen atoms in total. The molecule has 1 aromatic rings. The zero-order valence-corrected chi connectivity index (χ0v) is 13.7. The van der Waals surface area contributed by atoms with Gasteiger partial charge in [-0.15, -0.1) is 0 Å². The van der Waals surface area contributed by atoms with Crippen molar-refractivity contribution in [3.63, 3.8) is 0 Å². The number of hydrogen-bond acceptors (Lipinski definition) is 3. The third-order valence-corrected chi connectivity index (χ3v) is 5.06. The van der Waals surface area contributed by atoms with E-state index in [0.717, 1.165) is 0 Å². The van der Waals surface area contributed by atoms with Gasteiger partial charge in [-0.2, -0.15) is 9.28 Å². The molecule has 23 heavy (non-hydrogen) atoms. The highest BCUT2D eigenvalue weighted by molar-refractivity contribution is 6.08. The number of carboxylic acids is 1. The summed E-state index contributed by atoms with van der Waals surface area (Å²) < 4.78 is -0.849. The Kier molecular flexibility index (Phi) is 3.85. The van der Waals surface area contributed by atoms with Crippen LogP contribution in [0.5, 0.6) is 0 Å². The maximum Gasteiger partial charge on any atom is 0.515 e. The van der Waals surface area contributed by atoms with Gasteiger partial charge in [0.1, 0.15) is 11.6 Å². The van der Waals surface area contributed by atoms with Gasteiger partial charge in [0.25, 0.3) is 5.54 Å². The molecule has 1 fully saturated rings. The Bertz CT molecular complexity index is 663. The van der Waals surface area contributed by atoms with Crippen molar-refractivity contribution >= 4 is 17.8 Å². The number of carboxylic acid groups (broad SMARTS) is 2. The van der Waals surface area contributed by atoms with E-state index in [9.17, 15) is 24.6 Å². The summed E-state index contributed by atoms with van der Waals surface area (Å²) in [7, 11) is 0. The monoisotopic (exact) mass is 320 g/mol. The molecule has 0 bridgehead atoms. The Hall–Kier alpha value is -2.21. The Morgan fingerprint density at radius 2 is 1.70 bits per heavy atom. The fourth-order valence-corrected chi connectivity index (χ4v) is 4.06. The lowest BCUT2D eigenvalue weighted by Gasteiger charge is -2.50. The van der Waals surface area contributed by atoms with Crippen LogP contribution >= 0.6 is 0 Å². The van der Waals surface area contributed by atoms with Crippen molar-refractivity contribution in [2.45, 2.75) is 51.2 Å². The molecule has 124 valence electrons. The Morgan fingerprint density at radius 3 is 2.09 bits per heavy atom.